The number of amides is 1. The first kappa shape index (κ1) is 18.3. The highest BCUT2D eigenvalue weighted by Gasteiger charge is 2.48. The molecule has 0 radical (unpaired) electrons. The summed E-state index contributed by atoms with van der Waals surface area (Å²) in [5.41, 5.74) is 0.815. The summed E-state index contributed by atoms with van der Waals surface area (Å²) in [5.74, 6) is -2.66. The van der Waals surface area contributed by atoms with E-state index in [0.717, 1.165) is 12.8 Å². The van der Waals surface area contributed by atoms with Gasteiger partial charge in [-0.05, 0) is 43.4 Å². The topological polar surface area (TPSA) is 66.5 Å². The molecule has 1 amide bonds. The molecular weight excluding hydrogens is 430 g/mol. The van der Waals surface area contributed by atoms with Gasteiger partial charge in [-0.2, -0.15) is 0 Å². The molecule has 3 aliphatic rings. The van der Waals surface area contributed by atoms with Crippen LogP contribution >= 0.6 is 15.9 Å². The van der Waals surface area contributed by atoms with E-state index in [-0.39, 0.29) is 22.4 Å². The molecule has 1 aromatic carbocycles. The maximum Gasteiger partial charge on any atom is 0.256 e. The van der Waals surface area contributed by atoms with Crippen LogP contribution in [0, 0.1) is 5.92 Å². The van der Waals surface area contributed by atoms with E-state index in [1.54, 1.807) is 11.0 Å². The smallest absolute Gasteiger partial charge is 0.256 e. The van der Waals surface area contributed by atoms with Crippen molar-refractivity contribution in [1.29, 1.82) is 0 Å². The van der Waals surface area contributed by atoms with E-state index in [9.17, 15) is 22.0 Å². The van der Waals surface area contributed by atoms with E-state index in [0.29, 0.717) is 22.5 Å². The van der Waals surface area contributed by atoms with Gasteiger partial charge >= 0.3 is 0 Å². The molecule has 0 spiro atoms. The van der Waals surface area contributed by atoms with Gasteiger partial charge in [-0.1, -0.05) is 15.9 Å². The third-order valence-electron chi connectivity index (χ3n) is 5.46. The van der Waals surface area contributed by atoms with Gasteiger partial charge in [0.2, 0.25) is 10.0 Å². The lowest BCUT2D eigenvalue weighted by atomic mass is 9.89. The molecule has 142 valence electrons. The minimum absolute atomic E-state index is 0.0579. The third kappa shape index (κ3) is 3.18. The highest BCUT2D eigenvalue weighted by atomic mass is 79.9. The number of benzene rings is 1. The second-order valence-corrected chi connectivity index (χ2v) is 10.1. The largest absolute Gasteiger partial charge is 0.331 e. The normalized spacial score (nSPS) is 23.7. The Bertz CT molecular complexity index is 878. The molecule has 0 aromatic heterocycles. The number of nitrogens with zero attached hydrogens (tertiary/aromatic N) is 1. The van der Waals surface area contributed by atoms with E-state index in [2.05, 4.69) is 20.7 Å². The molecule has 1 heterocycles. The Morgan fingerprint density at radius 1 is 1.31 bits per heavy atom. The summed E-state index contributed by atoms with van der Waals surface area (Å²) in [6, 6.07) is 2.38. The van der Waals surface area contributed by atoms with Gasteiger partial charge in [-0.15, -0.1) is 0 Å². The summed E-state index contributed by atoms with van der Waals surface area (Å²) in [5, 5.41) is 0. The van der Waals surface area contributed by atoms with Crippen LogP contribution in [0.15, 0.2) is 21.5 Å². The number of carbonyl (C=O) groups excluding carboxylic acids is 1. The lowest BCUT2D eigenvalue weighted by molar-refractivity contribution is -0.0876. The molecule has 1 N–H and O–H groups in total. The SMILES string of the molecule is C[C@@H](C1CC1)N1Cc2cc(Br)cc(S(=O)(=O)NC3CC(F)(F)C3)c2C1=O. The van der Waals surface area contributed by atoms with E-state index < -0.39 is 34.8 Å². The van der Waals surface area contributed by atoms with Gasteiger partial charge in [0.1, 0.15) is 0 Å². The number of halogens is 3. The number of rotatable bonds is 5. The molecule has 1 aromatic rings. The van der Waals surface area contributed by atoms with Crippen LogP contribution in [0.25, 0.3) is 0 Å². The summed E-state index contributed by atoms with van der Waals surface area (Å²) >= 11 is 3.30. The molecule has 0 unspecified atom stereocenters. The van der Waals surface area contributed by atoms with Crippen molar-refractivity contribution in [3.05, 3.63) is 27.7 Å². The van der Waals surface area contributed by atoms with Crippen LogP contribution in [0.4, 0.5) is 8.78 Å². The molecule has 9 heteroatoms. The summed E-state index contributed by atoms with van der Waals surface area (Å²) in [7, 11) is -4.07. The lowest BCUT2D eigenvalue weighted by Gasteiger charge is -2.35. The molecule has 0 saturated heterocycles. The van der Waals surface area contributed by atoms with Crippen molar-refractivity contribution in [2.75, 3.05) is 0 Å². The summed E-state index contributed by atoms with van der Waals surface area (Å²) in [4.78, 5) is 14.5. The average Bonchev–Trinajstić information content (AvgIpc) is 3.29. The van der Waals surface area contributed by atoms with Crippen molar-refractivity contribution < 1.29 is 22.0 Å². The summed E-state index contributed by atoms with van der Waals surface area (Å²) in [6.45, 7) is 2.36. The Hall–Kier alpha value is -1.06. The predicted octanol–water partition coefficient (Wildman–Crippen LogP) is 3.28. The number of alkyl halides is 2. The zero-order chi connectivity index (χ0) is 18.9. The van der Waals surface area contributed by atoms with Gasteiger partial charge in [0.15, 0.2) is 0 Å². The fourth-order valence-corrected chi connectivity index (χ4v) is 5.96. The van der Waals surface area contributed by atoms with Crippen LogP contribution in [-0.2, 0) is 16.6 Å². The number of nitrogens with one attached hydrogen (secondary N) is 1. The molecule has 2 saturated carbocycles. The van der Waals surface area contributed by atoms with Crippen molar-refractivity contribution in [3.8, 4) is 0 Å². The Morgan fingerprint density at radius 3 is 2.54 bits per heavy atom. The summed E-state index contributed by atoms with van der Waals surface area (Å²) < 4.78 is 54.5. The van der Waals surface area contributed by atoms with Crippen LogP contribution in [0.2, 0.25) is 0 Å². The average molecular weight is 449 g/mol. The zero-order valence-corrected chi connectivity index (χ0v) is 16.5. The third-order valence-corrected chi connectivity index (χ3v) is 7.46. The van der Waals surface area contributed by atoms with Crippen LogP contribution in [0.5, 0.6) is 0 Å². The molecule has 1 aliphatic heterocycles. The molecule has 26 heavy (non-hydrogen) atoms. The van der Waals surface area contributed by atoms with Crippen molar-refractivity contribution in [2.45, 2.75) is 62.1 Å². The van der Waals surface area contributed by atoms with E-state index >= 15 is 0 Å². The van der Waals surface area contributed by atoms with Crippen LogP contribution in [0.3, 0.4) is 0 Å². The van der Waals surface area contributed by atoms with Gasteiger partial charge in [0, 0.05) is 35.9 Å². The molecule has 1 atom stereocenters. The Balaban J connectivity index is 1.65. The van der Waals surface area contributed by atoms with Gasteiger partial charge in [-0.25, -0.2) is 21.9 Å². The highest BCUT2D eigenvalue weighted by molar-refractivity contribution is 9.10. The number of hydrogen-bond acceptors (Lipinski definition) is 3. The first-order chi connectivity index (χ1) is 12.1. The molecule has 2 aliphatic carbocycles. The molecule has 0 bridgehead atoms. The van der Waals surface area contributed by atoms with Crippen molar-refractivity contribution in [1.82, 2.24) is 9.62 Å². The maximum atomic E-state index is 13.0. The number of sulfonamides is 1. The molecule has 4 rings (SSSR count). The second kappa shape index (κ2) is 5.97. The van der Waals surface area contributed by atoms with Crippen LogP contribution in [-0.4, -0.2) is 37.2 Å². The monoisotopic (exact) mass is 448 g/mol. The summed E-state index contributed by atoms with van der Waals surface area (Å²) in [6.07, 6.45) is 1.13. The van der Waals surface area contributed by atoms with Crippen LogP contribution < -0.4 is 4.72 Å². The Kier molecular flexibility index (Phi) is 4.20. The van der Waals surface area contributed by atoms with Gasteiger partial charge in [-0.3, -0.25) is 4.79 Å². The minimum Gasteiger partial charge on any atom is -0.331 e. The fourth-order valence-electron chi connectivity index (χ4n) is 3.80. The van der Waals surface area contributed by atoms with E-state index in [1.165, 1.54) is 6.07 Å². The minimum atomic E-state index is -4.07. The first-order valence-corrected chi connectivity index (χ1v) is 10.9. The Morgan fingerprint density at radius 2 is 1.96 bits per heavy atom. The van der Waals surface area contributed by atoms with Crippen molar-refractivity contribution >= 4 is 31.9 Å². The van der Waals surface area contributed by atoms with Crippen molar-refractivity contribution in [3.63, 3.8) is 0 Å². The maximum absolute atomic E-state index is 13.0. The van der Waals surface area contributed by atoms with Crippen molar-refractivity contribution in [2.24, 2.45) is 5.92 Å². The van der Waals surface area contributed by atoms with Crippen LogP contribution in [0.1, 0.15) is 48.5 Å². The van der Waals surface area contributed by atoms with E-state index in [1.807, 2.05) is 6.92 Å². The number of hydrogen-bond donors (Lipinski definition) is 1. The number of carbonyl (C=O) groups is 1. The standard InChI is InChI=1S/C17H19BrF2N2O3S/c1-9(10-2-3-10)22-8-11-4-12(18)5-14(15(11)16(22)23)26(24,25)21-13-6-17(19,20)7-13/h4-5,9-10,13,21H,2-3,6-8H2,1H3/t9-/m0/s1. The zero-order valence-electron chi connectivity index (χ0n) is 14.1. The molecule has 5 nitrogen and oxygen atoms in total. The molecular formula is C17H19BrF2N2O3S. The quantitative estimate of drug-likeness (QED) is 0.751. The Labute approximate surface area is 159 Å². The first-order valence-electron chi connectivity index (χ1n) is 8.61. The van der Waals surface area contributed by atoms with Gasteiger partial charge in [0.25, 0.3) is 11.8 Å². The van der Waals surface area contributed by atoms with Gasteiger partial charge < -0.3 is 4.90 Å². The van der Waals surface area contributed by atoms with Gasteiger partial charge in [0.05, 0.1) is 10.5 Å². The lowest BCUT2D eigenvalue weighted by Crippen LogP contribution is -2.50. The highest BCUT2D eigenvalue weighted by Crippen LogP contribution is 2.41. The number of fused-ring (bicyclic) bond motifs is 1. The molecule has 2 fully saturated rings. The fraction of sp³-hybridized carbons (Fsp3) is 0.588. The van der Waals surface area contributed by atoms with E-state index in [4.69, 9.17) is 0 Å². The second-order valence-electron chi connectivity index (χ2n) is 7.53. The predicted molar refractivity (Wildman–Crippen MR) is 94.5 cm³/mol.